The van der Waals surface area contributed by atoms with Gasteiger partial charge in [-0.05, 0) is 10.4 Å². The van der Waals surface area contributed by atoms with Crippen molar-refractivity contribution in [3.8, 4) is 6.07 Å². The predicted molar refractivity (Wildman–Crippen MR) is 32.8 cm³/mol. The molecule has 0 amide bonds. The van der Waals surface area contributed by atoms with E-state index < -0.39 is 0 Å². The van der Waals surface area contributed by atoms with E-state index in [1.165, 1.54) is 0 Å². The van der Waals surface area contributed by atoms with E-state index in [9.17, 15) is 0 Å². The van der Waals surface area contributed by atoms with E-state index in [0.717, 1.165) is 0 Å². The van der Waals surface area contributed by atoms with Gasteiger partial charge in [-0.2, -0.15) is 5.26 Å². The van der Waals surface area contributed by atoms with Gasteiger partial charge in [-0.15, -0.1) is 5.10 Å². The van der Waals surface area contributed by atoms with Crippen molar-refractivity contribution < 1.29 is 0 Å². The summed E-state index contributed by atoms with van der Waals surface area (Å²) in [5.41, 5.74) is 0. The number of nitrogens with zero attached hydrogens (tertiary/aromatic N) is 4. The maximum Gasteiger partial charge on any atom is 0.152 e. The van der Waals surface area contributed by atoms with E-state index >= 15 is 0 Å². The third-order valence-corrected chi connectivity index (χ3v) is 1.23. The highest BCUT2D eigenvalue weighted by Crippen LogP contribution is 2.10. The zero-order chi connectivity index (χ0) is 7.40. The molecule has 0 aromatic carbocycles. The molecule has 1 aromatic heterocycles. The Morgan fingerprint density at radius 1 is 1.80 bits per heavy atom. The first kappa shape index (κ1) is 6.68. The molecule has 1 rings (SSSR count). The summed E-state index contributed by atoms with van der Waals surface area (Å²) in [5, 5.41) is 21.4. The summed E-state index contributed by atoms with van der Waals surface area (Å²) in [4.78, 5) is 0. The van der Waals surface area contributed by atoms with E-state index in [1.807, 2.05) is 13.0 Å². The average molecular weight is 137 g/mol. The van der Waals surface area contributed by atoms with Crippen molar-refractivity contribution in [3.63, 3.8) is 0 Å². The first-order valence-electron chi connectivity index (χ1n) is 2.95. The normalized spacial score (nSPS) is 12.4. The second-order valence-electron chi connectivity index (χ2n) is 2.05. The first-order valence-corrected chi connectivity index (χ1v) is 2.95. The number of nitriles is 1. The summed E-state index contributed by atoms with van der Waals surface area (Å²) in [6, 6.07) is 2.04. The molecule has 0 unspecified atom stereocenters. The van der Waals surface area contributed by atoms with Crippen molar-refractivity contribution in [2.24, 2.45) is 0 Å². The molecule has 0 radical (unpaired) electrons. The Balaban J connectivity index is 2.61. The van der Waals surface area contributed by atoms with Gasteiger partial charge >= 0.3 is 0 Å². The zero-order valence-corrected chi connectivity index (χ0v) is 5.57. The molecule has 0 saturated heterocycles. The number of aromatic nitrogens is 4. The van der Waals surface area contributed by atoms with Gasteiger partial charge in [-0.25, -0.2) is 5.10 Å². The second-order valence-corrected chi connectivity index (χ2v) is 2.05. The Morgan fingerprint density at radius 3 is 3.10 bits per heavy atom. The molecule has 52 valence electrons. The van der Waals surface area contributed by atoms with Gasteiger partial charge in [0, 0.05) is 12.3 Å². The number of tetrazole rings is 1. The van der Waals surface area contributed by atoms with Crippen LogP contribution in [0.1, 0.15) is 25.1 Å². The Hall–Kier alpha value is -1.44. The molecule has 5 heteroatoms. The molecule has 1 aromatic rings. The minimum absolute atomic E-state index is 0.0972. The number of rotatable bonds is 2. The highest BCUT2D eigenvalue weighted by atomic mass is 15.5. The van der Waals surface area contributed by atoms with Crippen molar-refractivity contribution in [2.75, 3.05) is 0 Å². The van der Waals surface area contributed by atoms with Crippen molar-refractivity contribution in [2.45, 2.75) is 19.3 Å². The van der Waals surface area contributed by atoms with Crippen LogP contribution in [0.4, 0.5) is 0 Å². The highest BCUT2D eigenvalue weighted by molar-refractivity contribution is 4.92. The van der Waals surface area contributed by atoms with Crippen LogP contribution in [-0.4, -0.2) is 20.6 Å². The van der Waals surface area contributed by atoms with Crippen LogP contribution in [0.15, 0.2) is 0 Å². The van der Waals surface area contributed by atoms with Crippen LogP contribution in [0.2, 0.25) is 0 Å². The smallest absolute Gasteiger partial charge is 0.152 e. The summed E-state index contributed by atoms with van der Waals surface area (Å²) in [5.74, 6) is 0.765. The number of hydrogen-bond donors (Lipinski definition) is 1. The number of aromatic amines is 1. The lowest BCUT2D eigenvalue weighted by molar-refractivity contribution is 0.722. The van der Waals surface area contributed by atoms with Crippen LogP contribution in [0.5, 0.6) is 0 Å². The third-order valence-electron chi connectivity index (χ3n) is 1.23. The molecule has 5 nitrogen and oxygen atoms in total. The molecule has 0 spiro atoms. The van der Waals surface area contributed by atoms with E-state index in [4.69, 9.17) is 5.26 Å². The minimum Gasteiger partial charge on any atom is -0.243 e. The van der Waals surface area contributed by atoms with Gasteiger partial charge in [0.25, 0.3) is 0 Å². The SMILES string of the molecule is C[C@H](CC#N)c1nnn[nH]1. The fourth-order valence-corrected chi connectivity index (χ4v) is 0.609. The second kappa shape index (κ2) is 2.92. The summed E-state index contributed by atoms with van der Waals surface area (Å²) >= 11 is 0. The number of hydrogen-bond acceptors (Lipinski definition) is 4. The monoisotopic (exact) mass is 137 g/mol. The Kier molecular flexibility index (Phi) is 1.95. The summed E-state index contributed by atoms with van der Waals surface area (Å²) in [6.45, 7) is 1.89. The molecule has 10 heavy (non-hydrogen) atoms. The van der Waals surface area contributed by atoms with Crippen molar-refractivity contribution >= 4 is 0 Å². The molecule has 1 atom stereocenters. The van der Waals surface area contributed by atoms with Gasteiger partial charge in [0.2, 0.25) is 0 Å². The largest absolute Gasteiger partial charge is 0.243 e. The molecule has 0 saturated carbocycles. The van der Waals surface area contributed by atoms with Crippen LogP contribution in [-0.2, 0) is 0 Å². The lowest BCUT2D eigenvalue weighted by Crippen LogP contribution is -1.94. The van der Waals surface area contributed by atoms with Gasteiger partial charge in [0.1, 0.15) is 0 Å². The Labute approximate surface area is 58.1 Å². The van der Waals surface area contributed by atoms with E-state index in [2.05, 4.69) is 20.6 Å². The molecule has 0 aliphatic rings. The van der Waals surface area contributed by atoms with Crippen LogP contribution in [0.25, 0.3) is 0 Å². The van der Waals surface area contributed by atoms with Crippen molar-refractivity contribution in [1.29, 1.82) is 5.26 Å². The molecule has 0 fully saturated rings. The average Bonchev–Trinajstić information content (AvgIpc) is 2.38. The molecule has 1 N–H and O–H groups in total. The Bertz CT molecular complexity index is 221. The van der Waals surface area contributed by atoms with Gasteiger partial charge in [0.15, 0.2) is 5.82 Å². The van der Waals surface area contributed by atoms with Crippen molar-refractivity contribution in [1.82, 2.24) is 20.6 Å². The highest BCUT2D eigenvalue weighted by Gasteiger charge is 2.07. The van der Waals surface area contributed by atoms with Crippen LogP contribution >= 0.6 is 0 Å². The van der Waals surface area contributed by atoms with E-state index in [1.54, 1.807) is 0 Å². The molecule has 0 bridgehead atoms. The number of H-pyrrole nitrogens is 1. The van der Waals surface area contributed by atoms with Crippen molar-refractivity contribution in [3.05, 3.63) is 5.82 Å². The summed E-state index contributed by atoms with van der Waals surface area (Å²) in [6.07, 6.45) is 0.441. The third kappa shape index (κ3) is 1.29. The van der Waals surface area contributed by atoms with E-state index in [-0.39, 0.29) is 5.92 Å². The van der Waals surface area contributed by atoms with Gasteiger partial charge in [-0.3, -0.25) is 0 Å². The van der Waals surface area contributed by atoms with Gasteiger partial charge in [-0.1, -0.05) is 6.92 Å². The molecule has 0 aliphatic carbocycles. The van der Waals surface area contributed by atoms with Crippen LogP contribution < -0.4 is 0 Å². The standard InChI is InChI=1S/C5H7N5/c1-4(2-3-6)5-7-9-10-8-5/h4H,2H2,1H3,(H,7,8,9,10)/t4-/m1/s1. The topological polar surface area (TPSA) is 78.2 Å². The fourth-order valence-electron chi connectivity index (χ4n) is 0.609. The van der Waals surface area contributed by atoms with Gasteiger partial charge < -0.3 is 0 Å². The van der Waals surface area contributed by atoms with Crippen LogP contribution in [0.3, 0.4) is 0 Å². The minimum atomic E-state index is 0.0972. The lowest BCUT2D eigenvalue weighted by atomic mass is 10.1. The maximum atomic E-state index is 8.30. The maximum absolute atomic E-state index is 8.30. The molecule has 0 aliphatic heterocycles. The number of nitrogens with one attached hydrogen (secondary N) is 1. The van der Waals surface area contributed by atoms with Crippen LogP contribution in [0, 0.1) is 11.3 Å². The zero-order valence-electron chi connectivity index (χ0n) is 5.57. The summed E-state index contributed by atoms with van der Waals surface area (Å²) in [7, 11) is 0. The summed E-state index contributed by atoms with van der Waals surface area (Å²) < 4.78 is 0. The first-order chi connectivity index (χ1) is 4.84. The molecular weight excluding hydrogens is 130 g/mol. The fraction of sp³-hybridized carbons (Fsp3) is 0.600. The molecular formula is C5H7N5. The lowest BCUT2D eigenvalue weighted by Gasteiger charge is -1.97. The van der Waals surface area contributed by atoms with E-state index in [0.29, 0.717) is 12.2 Å². The molecule has 1 heterocycles. The Morgan fingerprint density at radius 2 is 2.60 bits per heavy atom. The quantitative estimate of drug-likeness (QED) is 0.632. The predicted octanol–water partition coefficient (Wildman–Crippen LogP) is 0.217. The van der Waals surface area contributed by atoms with Gasteiger partial charge in [0.05, 0.1) is 6.07 Å².